The van der Waals surface area contributed by atoms with Crippen molar-refractivity contribution in [2.45, 2.75) is 18.9 Å². The zero-order valence-corrected chi connectivity index (χ0v) is 12.7. The van der Waals surface area contributed by atoms with Crippen molar-refractivity contribution in [2.75, 3.05) is 5.75 Å². The van der Waals surface area contributed by atoms with Gasteiger partial charge in [0.2, 0.25) is 5.78 Å². The Balaban J connectivity index is 1.74. The summed E-state index contributed by atoms with van der Waals surface area (Å²) in [7, 11) is 0. The first kappa shape index (κ1) is 13.9. The molecule has 0 fully saturated rings. The Morgan fingerprint density at radius 1 is 1.19 bits per heavy atom. The number of hydrogen-bond donors (Lipinski definition) is 0. The molecular weight excluding hydrogens is 282 g/mol. The molecule has 4 heteroatoms. The summed E-state index contributed by atoms with van der Waals surface area (Å²) in [4.78, 5) is 16.6. The topological polar surface area (TPSA) is 43.1 Å². The smallest absolute Gasteiger partial charge is 0.208 e. The first-order valence-electron chi connectivity index (χ1n) is 6.72. The summed E-state index contributed by atoms with van der Waals surface area (Å²) in [5.74, 6) is 0.723. The van der Waals surface area contributed by atoms with Gasteiger partial charge in [-0.25, -0.2) is 4.98 Å². The van der Waals surface area contributed by atoms with Crippen molar-refractivity contribution in [3.05, 3.63) is 59.5 Å². The molecule has 0 unspecified atom stereocenters. The molecule has 106 valence electrons. The largest absolute Gasteiger partial charge is 0.453 e. The predicted molar refractivity (Wildman–Crippen MR) is 85.0 cm³/mol. The Morgan fingerprint density at radius 2 is 2.00 bits per heavy atom. The maximum absolute atomic E-state index is 12.2. The van der Waals surface area contributed by atoms with Crippen LogP contribution in [0.2, 0.25) is 0 Å². The van der Waals surface area contributed by atoms with Crippen molar-refractivity contribution in [1.82, 2.24) is 4.98 Å². The van der Waals surface area contributed by atoms with Crippen LogP contribution >= 0.6 is 11.8 Å². The zero-order valence-electron chi connectivity index (χ0n) is 11.9. The number of Topliss-reactive ketones (excluding diaryl/α,β-unsaturated/α-hetero) is 1. The standard InChI is InChI=1S/C17H15NO2S/c1-11-7-12(2)18-17(8-11)21-10-14(19)16-9-13-5-3-4-6-15(13)20-16/h3-9H,10H2,1-2H3. The molecule has 0 saturated heterocycles. The van der Waals surface area contributed by atoms with Gasteiger partial charge >= 0.3 is 0 Å². The molecule has 0 aliphatic rings. The molecule has 3 nitrogen and oxygen atoms in total. The van der Waals surface area contributed by atoms with Crippen LogP contribution < -0.4 is 0 Å². The Morgan fingerprint density at radius 3 is 2.76 bits per heavy atom. The Bertz CT molecular complexity index is 754. The summed E-state index contributed by atoms with van der Waals surface area (Å²) >= 11 is 1.44. The maximum atomic E-state index is 12.2. The third-order valence-electron chi connectivity index (χ3n) is 3.13. The van der Waals surface area contributed by atoms with Crippen molar-refractivity contribution in [2.24, 2.45) is 0 Å². The van der Waals surface area contributed by atoms with Gasteiger partial charge in [-0.1, -0.05) is 30.0 Å². The molecule has 2 aromatic heterocycles. The number of benzene rings is 1. The second kappa shape index (κ2) is 5.74. The highest BCUT2D eigenvalue weighted by molar-refractivity contribution is 7.99. The van der Waals surface area contributed by atoms with Gasteiger partial charge in [0.05, 0.1) is 10.8 Å². The van der Waals surface area contributed by atoms with Gasteiger partial charge in [0.1, 0.15) is 5.58 Å². The molecular formula is C17H15NO2S. The molecule has 0 aliphatic carbocycles. The minimum atomic E-state index is -0.0165. The number of thioether (sulfide) groups is 1. The minimum absolute atomic E-state index is 0.0165. The number of furan rings is 1. The van der Waals surface area contributed by atoms with E-state index in [-0.39, 0.29) is 5.78 Å². The van der Waals surface area contributed by atoms with E-state index in [1.807, 2.05) is 50.2 Å². The Kier molecular flexibility index (Phi) is 3.80. The van der Waals surface area contributed by atoms with Crippen LogP contribution in [0, 0.1) is 13.8 Å². The van der Waals surface area contributed by atoms with Crippen LogP contribution in [-0.2, 0) is 0 Å². The first-order chi connectivity index (χ1) is 10.1. The lowest BCUT2D eigenvalue weighted by Gasteiger charge is -2.02. The molecule has 0 spiro atoms. The quantitative estimate of drug-likeness (QED) is 0.528. The molecule has 0 saturated carbocycles. The Hall–Kier alpha value is -2.07. The fraction of sp³-hybridized carbons (Fsp3) is 0.176. The third-order valence-corrected chi connectivity index (χ3v) is 4.04. The van der Waals surface area contributed by atoms with E-state index < -0.39 is 0 Å². The lowest BCUT2D eigenvalue weighted by Crippen LogP contribution is -2.01. The molecule has 3 rings (SSSR count). The van der Waals surface area contributed by atoms with Crippen LogP contribution in [0.1, 0.15) is 21.8 Å². The molecule has 0 atom stereocenters. The van der Waals surface area contributed by atoms with Gasteiger partial charge in [-0.3, -0.25) is 4.79 Å². The summed E-state index contributed by atoms with van der Waals surface area (Å²) in [5.41, 5.74) is 2.87. The number of nitrogens with zero attached hydrogens (tertiary/aromatic N) is 1. The normalized spacial score (nSPS) is 11.0. The summed E-state index contributed by atoms with van der Waals surface area (Å²) < 4.78 is 5.58. The van der Waals surface area contributed by atoms with Crippen LogP contribution in [0.15, 0.2) is 51.9 Å². The van der Waals surface area contributed by atoms with Gasteiger partial charge in [0, 0.05) is 11.1 Å². The van der Waals surface area contributed by atoms with E-state index in [0.717, 1.165) is 27.3 Å². The number of carbonyl (C=O) groups is 1. The van der Waals surface area contributed by atoms with E-state index >= 15 is 0 Å². The summed E-state index contributed by atoms with van der Waals surface area (Å²) in [6.07, 6.45) is 0. The number of carbonyl (C=O) groups excluding carboxylic acids is 1. The van der Waals surface area contributed by atoms with Gasteiger partial charge in [0.25, 0.3) is 0 Å². The van der Waals surface area contributed by atoms with Gasteiger partial charge < -0.3 is 4.42 Å². The average molecular weight is 297 g/mol. The van der Waals surface area contributed by atoms with E-state index in [0.29, 0.717) is 11.5 Å². The van der Waals surface area contributed by atoms with Gasteiger partial charge in [-0.05, 0) is 43.7 Å². The Labute approximate surface area is 127 Å². The molecule has 0 N–H and O–H groups in total. The fourth-order valence-electron chi connectivity index (χ4n) is 2.21. The van der Waals surface area contributed by atoms with Gasteiger partial charge in [-0.15, -0.1) is 0 Å². The van der Waals surface area contributed by atoms with Crippen LogP contribution in [0.4, 0.5) is 0 Å². The van der Waals surface area contributed by atoms with E-state index in [4.69, 9.17) is 4.42 Å². The van der Waals surface area contributed by atoms with E-state index in [9.17, 15) is 4.79 Å². The second-order valence-corrected chi connectivity index (χ2v) is 5.98. The molecule has 1 aromatic carbocycles. The second-order valence-electron chi connectivity index (χ2n) is 4.98. The molecule has 2 heterocycles. The van der Waals surface area contributed by atoms with Gasteiger partial charge in [-0.2, -0.15) is 0 Å². The van der Waals surface area contributed by atoms with E-state index in [1.54, 1.807) is 6.07 Å². The molecule has 0 aliphatic heterocycles. The van der Waals surface area contributed by atoms with Crippen molar-refractivity contribution >= 4 is 28.5 Å². The molecule has 0 bridgehead atoms. The lowest BCUT2D eigenvalue weighted by atomic mass is 10.2. The highest BCUT2D eigenvalue weighted by Crippen LogP contribution is 2.23. The van der Waals surface area contributed by atoms with Crippen molar-refractivity contribution in [3.63, 3.8) is 0 Å². The molecule has 0 radical (unpaired) electrons. The summed E-state index contributed by atoms with van der Waals surface area (Å²) in [6.45, 7) is 3.98. The highest BCUT2D eigenvalue weighted by Gasteiger charge is 2.13. The lowest BCUT2D eigenvalue weighted by molar-refractivity contribution is 0.0994. The fourth-order valence-corrected chi connectivity index (χ4v) is 3.11. The number of para-hydroxylation sites is 1. The van der Waals surface area contributed by atoms with Crippen LogP contribution in [0.5, 0.6) is 0 Å². The van der Waals surface area contributed by atoms with Gasteiger partial charge in [0.15, 0.2) is 5.76 Å². The van der Waals surface area contributed by atoms with E-state index in [2.05, 4.69) is 4.98 Å². The zero-order chi connectivity index (χ0) is 14.8. The van der Waals surface area contributed by atoms with Crippen LogP contribution in [0.25, 0.3) is 11.0 Å². The number of aryl methyl sites for hydroxylation is 2. The molecule has 0 amide bonds. The van der Waals surface area contributed by atoms with Crippen LogP contribution in [-0.4, -0.2) is 16.5 Å². The third kappa shape index (κ3) is 3.16. The predicted octanol–water partition coefficient (Wildman–Crippen LogP) is 4.42. The summed E-state index contributed by atoms with van der Waals surface area (Å²) in [5, 5.41) is 1.83. The number of rotatable bonds is 4. The number of pyridine rings is 1. The molecule has 3 aromatic rings. The number of ketones is 1. The van der Waals surface area contributed by atoms with Crippen molar-refractivity contribution in [1.29, 1.82) is 0 Å². The average Bonchev–Trinajstić information content (AvgIpc) is 2.87. The van der Waals surface area contributed by atoms with Crippen molar-refractivity contribution in [3.8, 4) is 0 Å². The number of fused-ring (bicyclic) bond motifs is 1. The highest BCUT2D eigenvalue weighted by atomic mass is 32.2. The SMILES string of the molecule is Cc1cc(C)nc(SCC(=O)c2cc3ccccc3o2)c1. The van der Waals surface area contributed by atoms with Crippen molar-refractivity contribution < 1.29 is 9.21 Å². The monoisotopic (exact) mass is 297 g/mol. The summed E-state index contributed by atoms with van der Waals surface area (Å²) in [6, 6.07) is 13.4. The number of hydrogen-bond acceptors (Lipinski definition) is 4. The molecule has 21 heavy (non-hydrogen) atoms. The van der Waals surface area contributed by atoms with Crippen LogP contribution in [0.3, 0.4) is 0 Å². The number of aromatic nitrogens is 1. The first-order valence-corrected chi connectivity index (χ1v) is 7.70. The minimum Gasteiger partial charge on any atom is -0.453 e. The van der Waals surface area contributed by atoms with E-state index in [1.165, 1.54) is 11.8 Å². The maximum Gasteiger partial charge on any atom is 0.208 e.